The molecule has 1 heteroatoms. The van der Waals surface area contributed by atoms with Gasteiger partial charge in [0.2, 0.25) is 0 Å². The molecule has 0 unspecified atom stereocenters. The van der Waals surface area contributed by atoms with Crippen molar-refractivity contribution in [2.75, 3.05) is 0 Å². The van der Waals surface area contributed by atoms with Gasteiger partial charge in [0.05, 0.1) is 0 Å². The Hall–Kier alpha value is -1.50. The number of nitrogens with zero attached hydrogens (tertiary/aromatic N) is 1. The van der Waals surface area contributed by atoms with Crippen LogP contribution in [0, 0.1) is 0 Å². The van der Waals surface area contributed by atoms with E-state index in [1.165, 1.54) is 82.6 Å². The molecule has 156 valence electrons. The van der Waals surface area contributed by atoms with Gasteiger partial charge in [0.1, 0.15) is 0 Å². The maximum absolute atomic E-state index is 2.75. The summed E-state index contributed by atoms with van der Waals surface area (Å²) in [6, 6.07) is 11.1. The van der Waals surface area contributed by atoms with Gasteiger partial charge >= 0.3 is 0 Å². The van der Waals surface area contributed by atoms with Gasteiger partial charge in [-0.1, -0.05) is 83.7 Å². The predicted molar refractivity (Wildman–Crippen MR) is 124 cm³/mol. The summed E-state index contributed by atoms with van der Waals surface area (Å²) in [5.74, 6) is 0. The molecule has 28 heavy (non-hydrogen) atoms. The van der Waals surface area contributed by atoms with E-state index in [9.17, 15) is 0 Å². The van der Waals surface area contributed by atoms with Crippen molar-refractivity contribution in [1.82, 2.24) is 4.57 Å². The van der Waals surface area contributed by atoms with Gasteiger partial charge in [0.25, 0.3) is 0 Å². The number of benzene rings is 1. The minimum atomic E-state index is 1.05. The average Bonchev–Trinajstić information content (AvgIpc) is 2.99. The molecule has 0 atom stereocenters. The van der Waals surface area contributed by atoms with Crippen LogP contribution < -0.4 is 0 Å². The minimum Gasteiger partial charge on any atom is -0.344 e. The average molecular weight is 382 g/mol. The number of rotatable bonds is 14. The Bertz CT molecular complexity index is 628. The lowest BCUT2D eigenvalue weighted by atomic mass is 9.95. The number of aromatic nitrogens is 1. The molecular formula is C27H43N. The summed E-state index contributed by atoms with van der Waals surface area (Å²) in [5, 5.41) is 0. The fraction of sp³-hybridized carbons (Fsp3) is 0.630. The van der Waals surface area contributed by atoms with E-state index in [2.05, 4.69) is 62.6 Å². The Kier molecular flexibility index (Phi) is 10.5. The van der Waals surface area contributed by atoms with Crippen molar-refractivity contribution in [2.24, 2.45) is 0 Å². The highest BCUT2D eigenvalue weighted by atomic mass is 15.0. The van der Waals surface area contributed by atoms with Crippen LogP contribution in [-0.4, -0.2) is 4.57 Å². The largest absolute Gasteiger partial charge is 0.344 e. The highest BCUT2D eigenvalue weighted by Gasteiger charge is 2.21. The summed E-state index contributed by atoms with van der Waals surface area (Å²) in [7, 11) is 0. The first-order chi connectivity index (χ1) is 13.8. The van der Waals surface area contributed by atoms with Crippen LogP contribution in [0.15, 0.2) is 30.3 Å². The topological polar surface area (TPSA) is 4.93 Å². The van der Waals surface area contributed by atoms with Gasteiger partial charge in [-0.3, -0.25) is 0 Å². The minimum absolute atomic E-state index is 1.05. The van der Waals surface area contributed by atoms with Crippen molar-refractivity contribution >= 4 is 0 Å². The molecular weight excluding hydrogens is 338 g/mol. The Labute approximate surface area is 174 Å². The summed E-state index contributed by atoms with van der Waals surface area (Å²) in [4.78, 5) is 0. The highest BCUT2D eigenvalue weighted by Crippen LogP contribution is 2.30. The Morgan fingerprint density at radius 3 is 1.43 bits per heavy atom. The molecule has 0 aliphatic rings. The summed E-state index contributed by atoms with van der Waals surface area (Å²) < 4.78 is 2.75. The quantitative estimate of drug-likeness (QED) is 0.313. The molecule has 1 nitrogen and oxygen atoms in total. The van der Waals surface area contributed by atoms with Crippen molar-refractivity contribution in [3.8, 4) is 0 Å². The molecule has 0 fully saturated rings. The van der Waals surface area contributed by atoms with Gasteiger partial charge in [0.15, 0.2) is 0 Å². The Morgan fingerprint density at radius 2 is 1.00 bits per heavy atom. The van der Waals surface area contributed by atoms with E-state index < -0.39 is 0 Å². The van der Waals surface area contributed by atoms with Gasteiger partial charge in [0, 0.05) is 17.9 Å². The second-order valence-corrected chi connectivity index (χ2v) is 8.34. The molecule has 0 saturated carbocycles. The van der Waals surface area contributed by atoms with Gasteiger partial charge in [-0.25, -0.2) is 0 Å². The second kappa shape index (κ2) is 12.9. The Balaban J connectivity index is 2.54. The molecule has 0 N–H and O–H groups in total. The van der Waals surface area contributed by atoms with Gasteiger partial charge in [-0.2, -0.15) is 0 Å². The monoisotopic (exact) mass is 381 g/mol. The maximum atomic E-state index is 2.75. The van der Waals surface area contributed by atoms with E-state index in [0.29, 0.717) is 0 Å². The second-order valence-electron chi connectivity index (χ2n) is 8.34. The first kappa shape index (κ1) is 22.8. The molecule has 0 aliphatic carbocycles. The van der Waals surface area contributed by atoms with Crippen LogP contribution in [-0.2, 0) is 32.2 Å². The molecule has 0 bridgehead atoms. The van der Waals surface area contributed by atoms with Crippen molar-refractivity contribution in [3.63, 3.8) is 0 Å². The molecule has 2 aromatic rings. The molecule has 0 spiro atoms. The highest BCUT2D eigenvalue weighted by molar-refractivity contribution is 5.41. The molecule has 0 aliphatic heterocycles. The standard InChI is InChI=1S/C27H43N/c1-5-9-18-24-25(19-10-6-2)27(21-12-8-4)28(26(24)20-11-7-3)22-23-16-14-13-15-17-23/h13-17H,5-12,18-22H2,1-4H3. The number of hydrogen-bond acceptors (Lipinski definition) is 0. The first-order valence-electron chi connectivity index (χ1n) is 12.0. The van der Waals surface area contributed by atoms with E-state index in [4.69, 9.17) is 0 Å². The van der Waals surface area contributed by atoms with Gasteiger partial charge < -0.3 is 4.57 Å². The van der Waals surface area contributed by atoms with E-state index in [1.54, 1.807) is 22.5 Å². The molecule has 0 amide bonds. The van der Waals surface area contributed by atoms with Crippen molar-refractivity contribution in [3.05, 3.63) is 58.4 Å². The van der Waals surface area contributed by atoms with Crippen molar-refractivity contribution in [1.29, 1.82) is 0 Å². The van der Waals surface area contributed by atoms with E-state index in [1.807, 2.05) is 0 Å². The molecule has 1 aromatic heterocycles. The summed E-state index contributed by atoms with van der Waals surface area (Å²) >= 11 is 0. The first-order valence-corrected chi connectivity index (χ1v) is 12.0. The van der Waals surface area contributed by atoms with E-state index >= 15 is 0 Å². The molecule has 1 aromatic carbocycles. The molecule has 0 radical (unpaired) electrons. The third kappa shape index (κ3) is 6.26. The zero-order valence-corrected chi connectivity index (χ0v) is 19.0. The fourth-order valence-corrected chi connectivity index (χ4v) is 4.35. The summed E-state index contributed by atoms with van der Waals surface area (Å²) in [5.41, 5.74) is 8.22. The Morgan fingerprint density at radius 1 is 0.571 bits per heavy atom. The predicted octanol–water partition coefficient (Wildman–Crippen LogP) is 7.91. The summed E-state index contributed by atoms with van der Waals surface area (Å²) in [6.45, 7) is 10.4. The number of unbranched alkanes of at least 4 members (excludes halogenated alkanes) is 4. The SMILES string of the molecule is CCCCc1c(CCCC)c(CCCC)n(Cc2ccccc2)c1CCCC. The third-order valence-corrected chi connectivity index (χ3v) is 5.99. The normalized spacial score (nSPS) is 11.3. The zero-order valence-electron chi connectivity index (χ0n) is 19.0. The van der Waals surface area contributed by atoms with Crippen LogP contribution in [0.5, 0.6) is 0 Å². The maximum Gasteiger partial charge on any atom is 0.0475 e. The zero-order chi connectivity index (χ0) is 20.2. The summed E-state index contributed by atoms with van der Waals surface area (Å²) in [6.07, 6.45) is 15.4. The van der Waals surface area contributed by atoms with E-state index in [-0.39, 0.29) is 0 Å². The van der Waals surface area contributed by atoms with E-state index in [0.717, 1.165) is 6.54 Å². The van der Waals surface area contributed by atoms with Crippen LogP contribution >= 0.6 is 0 Å². The fourth-order valence-electron chi connectivity index (χ4n) is 4.35. The number of hydrogen-bond donors (Lipinski definition) is 0. The molecule has 0 saturated heterocycles. The van der Waals surface area contributed by atoms with Crippen LogP contribution in [0.1, 0.15) is 107 Å². The van der Waals surface area contributed by atoms with Crippen LogP contribution in [0.25, 0.3) is 0 Å². The lowest BCUT2D eigenvalue weighted by Crippen LogP contribution is -2.10. The molecule has 2 rings (SSSR count). The smallest absolute Gasteiger partial charge is 0.0475 e. The van der Waals surface area contributed by atoms with Crippen LogP contribution in [0.2, 0.25) is 0 Å². The van der Waals surface area contributed by atoms with Crippen LogP contribution in [0.4, 0.5) is 0 Å². The third-order valence-electron chi connectivity index (χ3n) is 5.99. The van der Waals surface area contributed by atoms with Crippen LogP contribution in [0.3, 0.4) is 0 Å². The van der Waals surface area contributed by atoms with Gasteiger partial charge in [-0.15, -0.1) is 0 Å². The van der Waals surface area contributed by atoms with Crippen molar-refractivity contribution < 1.29 is 0 Å². The lowest BCUT2D eigenvalue weighted by molar-refractivity contribution is 0.641. The van der Waals surface area contributed by atoms with Crippen molar-refractivity contribution in [2.45, 2.75) is 111 Å². The lowest BCUT2D eigenvalue weighted by Gasteiger charge is -2.15. The molecule has 1 heterocycles. The van der Waals surface area contributed by atoms with Gasteiger partial charge in [-0.05, 0) is 68.1 Å².